The van der Waals surface area contributed by atoms with Crippen molar-refractivity contribution in [3.8, 4) is 11.5 Å². The molecule has 1 heterocycles. The number of ether oxygens (including phenoxy) is 2. The van der Waals surface area contributed by atoms with Crippen molar-refractivity contribution in [2.45, 2.75) is 4.90 Å². The largest absolute Gasteiger partial charge is 0.486 e. The molecular weight excluding hydrogens is 404 g/mol. The van der Waals surface area contributed by atoms with Crippen molar-refractivity contribution in [2.75, 3.05) is 29.9 Å². The Labute approximate surface area is 174 Å². The topological polar surface area (TPSA) is 84.9 Å². The van der Waals surface area contributed by atoms with E-state index in [0.29, 0.717) is 36.1 Å². The third-order valence-corrected chi connectivity index (χ3v) is 6.46. The molecule has 154 valence electrons. The molecule has 1 aliphatic heterocycles. The lowest BCUT2D eigenvalue weighted by atomic mass is 10.2. The monoisotopic (exact) mass is 424 g/mol. The van der Waals surface area contributed by atoms with E-state index in [1.165, 1.54) is 23.5 Å². The molecule has 0 radical (unpaired) electrons. The maximum atomic E-state index is 13.0. The summed E-state index contributed by atoms with van der Waals surface area (Å²) in [4.78, 5) is 12.7. The molecule has 0 atom stereocenters. The Kier molecular flexibility index (Phi) is 5.33. The number of amides is 1. The van der Waals surface area contributed by atoms with E-state index in [4.69, 9.17) is 9.47 Å². The van der Waals surface area contributed by atoms with Gasteiger partial charge in [-0.3, -0.25) is 9.10 Å². The zero-order valence-corrected chi connectivity index (χ0v) is 17.1. The van der Waals surface area contributed by atoms with E-state index >= 15 is 0 Å². The Morgan fingerprint density at radius 3 is 2.40 bits per heavy atom. The van der Waals surface area contributed by atoms with Gasteiger partial charge in [-0.25, -0.2) is 8.42 Å². The highest BCUT2D eigenvalue weighted by Gasteiger charge is 2.22. The predicted octanol–water partition coefficient (Wildman–Crippen LogP) is 3.54. The van der Waals surface area contributed by atoms with Crippen LogP contribution in [0.15, 0.2) is 77.7 Å². The summed E-state index contributed by atoms with van der Waals surface area (Å²) in [7, 11) is -2.34. The molecule has 0 unspecified atom stereocenters. The number of fused-ring (bicyclic) bond motifs is 1. The number of hydrogen-bond donors (Lipinski definition) is 1. The molecule has 7 nitrogen and oxygen atoms in total. The van der Waals surface area contributed by atoms with E-state index in [-0.39, 0.29) is 10.5 Å². The first kappa shape index (κ1) is 19.8. The second-order valence-corrected chi connectivity index (χ2v) is 8.62. The Bertz CT molecular complexity index is 1180. The van der Waals surface area contributed by atoms with Gasteiger partial charge in [0.2, 0.25) is 0 Å². The summed E-state index contributed by atoms with van der Waals surface area (Å²) < 4.78 is 38.2. The number of carbonyl (C=O) groups excluding carboxylic acids is 1. The van der Waals surface area contributed by atoms with Crippen molar-refractivity contribution in [1.29, 1.82) is 0 Å². The molecule has 1 aliphatic rings. The van der Waals surface area contributed by atoms with Crippen molar-refractivity contribution in [2.24, 2.45) is 0 Å². The molecule has 30 heavy (non-hydrogen) atoms. The van der Waals surface area contributed by atoms with Gasteiger partial charge in [-0.1, -0.05) is 24.3 Å². The minimum Gasteiger partial charge on any atom is -0.486 e. The summed E-state index contributed by atoms with van der Waals surface area (Å²) in [6.45, 7) is 0.927. The molecule has 1 N–H and O–H groups in total. The van der Waals surface area contributed by atoms with Gasteiger partial charge in [0.05, 0.1) is 10.6 Å². The van der Waals surface area contributed by atoms with Crippen molar-refractivity contribution >= 4 is 27.3 Å². The second kappa shape index (κ2) is 8.08. The minimum absolute atomic E-state index is 0.0312. The molecule has 0 saturated heterocycles. The number of carbonyl (C=O) groups is 1. The molecule has 0 fully saturated rings. The van der Waals surface area contributed by atoms with Gasteiger partial charge in [-0.15, -0.1) is 0 Å². The number of nitrogens with zero attached hydrogens (tertiary/aromatic N) is 1. The van der Waals surface area contributed by atoms with Crippen molar-refractivity contribution in [3.05, 3.63) is 78.4 Å². The summed E-state index contributed by atoms with van der Waals surface area (Å²) in [5, 5.41) is 2.76. The Morgan fingerprint density at radius 2 is 1.63 bits per heavy atom. The summed E-state index contributed by atoms with van der Waals surface area (Å²) in [5.41, 5.74) is 1.29. The number of nitrogens with one attached hydrogen (secondary N) is 1. The van der Waals surface area contributed by atoms with E-state index in [9.17, 15) is 13.2 Å². The van der Waals surface area contributed by atoms with E-state index in [0.717, 1.165) is 0 Å². The van der Waals surface area contributed by atoms with Crippen LogP contribution in [0.3, 0.4) is 0 Å². The first-order chi connectivity index (χ1) is 14.4. The maximum Gasteiger partial charge on any atom is 0.264 e. The van der Waals surface area contributed by atoms with Crippen molar-refractivity contribution in [3.63, 3.8) is 0 Å². The second-order valence-electron chi connectivity index (χ2n) is 6.65. The third-order valence-electron chi connectivity index (χ3n) is 4.67. The lowest BCUT2D eigenvalue weighted by Crippen LogP contribution is -2.26. The predicted molar refractivity (Wildman–Crippen MR) is 114 cm³/mol. The van der Waals surface area contributed by atoms with Crippen LogP contribution in [-0.2, 0) is 10.0 Å². The lowest BCUT2D eigenvalue weighted by Gasteiger charge is -2.20. The Morgan fingerprint density at radius 1 is 0.900 bits per heavy atom. The third kappa shape index (κ3) is 3.95. The Balaban J connectivity index is 1.56. The fraction of sp³-hybridized carbons (Fsp3) is 0.136. The zero-order chi connectivity index (χ0) is 21.1. The quantitative estimate of drug-likeness (QED) is 0.677. The Hall–Kier alpha value is -3.52. The highest BCUT2D eigenvalue weighted by molar-refractivity contribution is 7.92. The van der Waals surface area contributed by atoms with Gasteiger partial charge in [0, 0.05) is 24.4 Å². The molecule has 0 spiro atoms. The number of anilines is 2. The molecule has 0 saturated carbocycles. The summed E-state index contributed by atoms with van der Waals surface area (Å²) in [6, 6.07) is 19.8. The molecular formula is C22H20N2O5S. The van der Waals surface area contributed by atoms with Gasteiger partial charge in [0.15, 0.2) is 11.5 Å². The van der Waals surface area contributed by atoms with Crippen LogP contribution in [0.25, 0.3) is 0 Å². The number of para-hydroxylation sites is 1. The number of sulfonamides is 1. The van der Waals surface area contributed by atoms with Crippen LogP contribution in [0.2, 0.25) is 0 Å². The van der Waals surface area contributed by atoms with Crippen LogP contribution in [0.5, 0.6) is 11.5 Å². The van der Waals surface area contributed by atoms with Gasteiger partial charge >= 0.3 is 0 Å². The molecule has 4 rings (SSSR count). The van der Waals surface area contributed by atoms with E-state index < -0.39 is 15.9 Å². The standard InChI is InChI=1S/C22H20N2O5S/c1-24(18-7-3-2-4-8-18)30(26,27)19-9-5-6-16(14-19)22(25)23-17-10-11-20-21(15-17)29-13-12-28-20/h2-11,14-15H,12-13H2,1H3,(H,23,25). The molecule has 3 aromatic carbocycles. The molecule has 8 heteroatoms. The maximum absolute atomic E-state index is 13.0. The van der Waals surface area contributed by atoms with Crippen LogP contribution < -0.4 is 19.1 Å². The van der Waals surface area contributed by atoms with E-state index in [1.54, 1.807) is 54.6 Å². The number of rotatable bonds is 5. The van der Waals surface area contributed by atoms with E-state index in [1.807, 2.05) is 6.07 Å². The first-order valence-electron chi connectivity index (χ1n) is 9.30. The highest BCUT2D eigenvalue weighted by atomic mass is 32.2. The van der Waals surface area contributed by atoms with E-state index in [2.05, 4.69) is 5.32 Å². The van der Waals surface area contributed by atoms with Crippen LogP contribution in [0, 0.1) is 0 Å². The van der Waals surface area contributed by atoms with Gasteiger partial charge in [-0.05, 0) is 42.5 Å². The fourth-order valence-electron chi connectivity index (χ4n) is 3.06. The highest BCUT2D eigenvalue weighted by Crippen LogP contribution is 2.32. The summed E-state index contributed by atoms with van der Waals surface area (Å²) in [6.07, 6.45) is 0. The van der Waals surface area contributed by atoms with Crippen molar-refractivity contribution in [1.82, 2.24) is 0 Å². The number of hydrogen-bond acceptors (Lipinski definition) is 5. The normalized spacial score (nSPS) is 12.8. The minimum atomic E-state index is -3.82. The summed E-state index contributed by atoms with van der Waals surface area (Å²) in [5.74, 6) is 0.752. The van der Waals surface area contributed by atoms with Crippen LogP contribution in [0.1, 0.15) is 10.4 Å². The molecule has 3 aromatic rings. The fourth-order valence-corrected chi connectivity index (χ4v) is 4.30. The average molecular weight is 424 g/mol. The number of benzene rings is 3. The first-order valence-corrected chi connectivity index (χ1v) is 10.7. The van der Waals surface area contributed by atoms with Crippen LogP contribution in [0.4, 0.5) is 11.4 Å². The van der Waals surface area contributed by atoms with Gasteiger partial charge in [0.25, 0.3) is 15.9 Å². The van der Waals surface area contributed by atoms with Crippen molar-refractivity contribution < 1.29 is 22.7 Å². The van der Waals surface area contributed by atoms with Crippen LogP contribution >= 0.6 is 0 Å². The van der Waals surface area contributed by atoms with Gasteiger partial charge in [0.1, 0.15) is 13.2 Å². The molecule has 1 amide bonds. The lowest BCUT2D eigenvalue weighted by molar-refractivity contribution is 0.102. The van der Waals surface area contributed by atoms with Gasteiger partial charge < -0.3 is 14.8 Å². The molecule has 0 aromatic heterocycles. The molecule has 0 bridgehead atoms. The van der Waals surface area contributed by atoms with Gasteiger partial charge in [-0.2, -0.15) is 0 Å². The zero-order valence-electron chi connectivity index (χ0n) is 16.2. The average Bonchev–Trinajstić information content (AvgIpc) is 2.79. The SMILES string of the molecule is CN(c1ccccc1)S(=O)(=O)c1cccc(C(=O)Nc2ccc3c(c2)OCCO3)c1. The smallest absolute Gasteiger partial charge is 0.264 e. The molecule has 0 aliphatic carbocycles. The van der Waals surface area contributed by atoms with Crippen LogP contribution in [-0.4, -0.2) is 34.6 Å². The summed E-state index contributed by atoms with van der Waals surface area (Å²) >= 11 is 0.